The predicted octanol–water partition coefficient (Wildman–Crippen LogP) is 2.05. The Kier molecular flexibility index (Phi) is 1.76. The van der Waals surface area contributed by atoms with Gasteiger partial charge in [-0.25, -0.2) is 0 Å². The second-order valence-corrected chi connectivity index (χ2v) is 4.07. The van der Waals surface area contributed by atoms with Gasteiger partial charge in [-0.15, -0.1) is 0 Å². The summed E-state index contributed by atoms with van der Waals surface area (Å²) in [5.74, 6) is 0.976. The first-order valence-corrected chi connectivity index (χ1v) is 4.65. The first-order valence-electron chi connectivity index (χ1n) is 4.65. The largest absolute Gasteiger partial charge is 0.300 e. The lowest BCUT2D eigenvalue weighted by Crippen LogP contribution is -2.29. The minimum atomic E-state index is 0.781. The third-order valence-electron chi connectivity index (χ3n) is 3.21. The number of allylic oxidation sites excluding steroid dienone is 1. The maximum absolute atomic E-state index is 2.49. The monoisotopic (exact) mass is 151 g/mol. The van der Waals surface area contributed by atoms with E-state index in [9.17, 15) is 0 Å². The number of likely N-dealkylation sites (N-methyl/N-ethyl adjacent to an activating group) is 1. The fourth-order valence-electron chi connectivity index (χ4n) is 2.42. The Balaban J connectivity index is 2.17. The molecule has 2 unspecified atom stereocenters. The molecule has 1 nitrogen and oxygen atoms in total. The molecule has 1 saturated heterocycles. The van der Waals surface area contributed by atoms with Crippen molar-refractivity contribution in [3.63, 3.8) is 0 Å². The van der Waals surface area contributed by atoms with Gasteiger partial charge < -0.3 is 0 Å². The van der Waals surface area contributed by atoms with Gasteiger partial charge in [0, 0.05) is 6.04 Å². The van der Waals surface area contributed by atoms with Crippen molar-refractivity contribution in [2.45, 2.75) is 32.2 Å². The Morgan fingerprint density at radius 3 is 3.09 bits per heavy atom. The molecule has 0 bridgehead atoms. The maximum atomic E-state index is 2.49. The number of likely N-dealkylation sites (tertiary alicyclic amines) is 1. The minimum absolute atomic E-state index is 0.781. The van der Waals surface area contributed by atoms with Gasteiger partial charge in [0.15, 0.2) is 0 Å². The van der Waals surface area contributed by atoms with Crippen molar-refractivity contribution in [3.8, 4) is 0 Å². The zero-order valence-electron chi connectivity index (χ0n) is 7.51. The van der Waals surface area contributed by atoms with E-state index < -0.39 is 0 Å². The van der Waals surface area contributed by atoms with E-state index in [1.807, 2.05) is 0 Å². The van der Waals surface area contributed by atoms with Crippen molar-refractivity contribution in [3.05, 3.63) is 11.6 Å². The third kappa shape index (κ3) is 1.22. The summed E-state index contributed by atoms with van der Waals surface area (Å²) in [6.45, 7) is 3.57. The molecule has 2 aliphatic rings. The highest BCUT2D eigenvalue weighted by molar-refractivity contribution is 5.12. The van der Waals surface area contributed by atoms with Gasteiger partial charge in [-0.1, -0.05) is 11.6 Å². The zero-order chi connectivity index (χ0) is 7.84. The molecule has 0 aromatic heterocycles. The van der Waals surface area contributed by atoms with Gasteiger partial charge in [-0.2, -0.15) is 0 Å². The average molecular weight is 151 g/mol. The third-order valence-corrected chi connectivity index (χ3v) is 3.21. The van der Waals surface area contributed by atoms with Crippen molar-refractivity contribution in [1.82, 2.24) is 4.90 Å². The van der Waals surface area contributed by atoms with Gasteiger partial charge in [-0.3, -0.25) is 4.90 Å². The van der Waals surface area contributed by atoms with Crippen LogP contribution in [0.4, 0.5) is 0 Å². The van der Waals surface area contributed by atoms with Crippen molar-refractivity contribution in [2.75, 3.05) is 13.6 Å². The van der Waals surface area contributed by atoms with E-state index in [0.29, 0.717) is 0 Å². The van der Waals surface area contributed by atoms with Gasteiger partial charge in [-0.05, 0) is 45.7 Å². The van der Waals surface area contributed by atoms with E-state index in [1.54, 1.807) is 5.57 Å². The van der Waals surface area contributed by atoms with Crippen LogP contribution in [0.1, 0.15) is 26.2 Å². The summed E-state index contributed by atoms with van der Waals surface area (Å²) in [4.78, 5) is 2.49. The topological polar surface area (TPSA) is 3.24 Å². The summed E-state index contributed by atoms with van der Waals surface area (Å²) < 4.78 is 0. The molecule has 1 fully saturated rings. The van der Waals surface area contributed by atoms with Crippen LogP contribution in [0.3, 0.4) is 0 Å². The Bertz CT molecular complexity index is 183. The molecule has 0 radical (unpaired) electrons. The van der Waals surface area contributed by atoms with Crippen molar-refractivity contribution in [2.24, 2.45) is 5.92 Å². The van der Waals surface area contributed by atoms with Crippen molar-refractivity contribution >= 4 is 0 Å². The molecule has 2 atom stereocenters. The average Bonchev–Trinajstić information content (AvgIpc) is 2.33. The van der Waals surface area contributed by atoms with E-state index in [4.69, 9.17) is 0 Å². The van der Waals surface area contributed by atoms with Gasteiger partial charge in [0.1, 0.15) is 0 Å². The summed E-state index contributed by atoms with van der Waals surface area (Å²) in [5, 5.41) is 0. The fraction of sp³-hybridized carbons (Fsp3) is 0.800. The van der Waals surface area contributed by atoms with Gasteiger partial charge >= 0.3 is 0 Å². The molecular weight excluding hydrogens is 134 g/mol. The second kappa shape index (κ2) is 2.63. The molecular formula is C10H17N. The summed E-state index contributed by atoms with van der Waals surface area (Å²) in [6.07, 6.45) is 6.67. The highest BCUT2D eigenvalue weighted by atomic mass is 15.2. The number of fused-ring (bicyclic) bond motifs is 1. The number of nitrogens with zero attached hydrogens (tertiary/aromatic N) is 1. The van der Waals surface area contributed by atoms with E-state index in [2.05, 4.69) is 24.9 Å². The van der Waals surface area contributed by atoms with E-state index >= 15 is 0 Å². The minimum Gasteiger partial charge on any atom is -0.300 e. The number of rotatable bonds is 0. The van der Waals surface area contributed by atoms with Crippen LogP contribution in [0.15, 0.2) is 11.6 Å². The molecule has 1 aliphatic heterocycles. The Hall–Kier alpha value is -0.300. The zero-order valence-corrected chi connectivity index (χ0v) is 7.51. The predicted molar refractivity (Wildman–Crippen MR) is 47.5 cm³/mol. The lowest BCUT2D eigenvalue weighted by Gasteiger charge is -2.26. The van der Waals surface area contributed by atoms with Crippen LogP contribution in [-0.4, -0.2) is 24.5 Å². The van der Waals surface area contributed by atoms with Crippen LogP contribution in [0, 0.1) is 5.92 Å². The quantitative estimate of drug-likeness (QED) is 0.479. The molecule has 62 valence electrons. The summed E-state index contributed by atoms with van der Waals surface area (Å²) in [5.41, 5.74) is 1.60. The molecule has 0 aromatic rings. The van der Waals surface area contributed by atoms with Crippen LogP contribution >= 0.6 is 0 Å². The lowest BCUT2D eigenvalue weighted by molar-refractivity contribution is 0.303. The molecule has 0 amide bonds. The molecule has 2 rings (SSSR count). The fourth-order valence-corrected chi connectivity index (χ4v) is 2.42. The van der Waals surface area contributed by atoms with Crippen LogP contribution in [-0.2, 0) is 0 Å². The Morgan fingerprint density at radius 2 is 2.27 bits per heavy atom. The van der Waals surface area contributed by atoms with Crippen LogP contribution in [0.25, 0.3) is 0 Å². The molecule has 1 heterocycles. The molecule has 0 saturated carbocycles. The van der Waals surface area contributed by atoms with Gasteiger partial charge in [0.25, 0.3) is 0 Å². The molecule has 1 heteroatoms. The highest BCUT2D eigenvalue weighted by Crippen LogP contribution is 2.33. The molecule has 0 N–H and O–H groups in total. The molecule has 11 heavy (non-hydrogen) atoms. The Labute approximate surface area is 69.1 Å². The standard InChI is InChI=1S/C10H17N/c1-8-3-4-9-5-6-11(2)10(9)7-8/h7,9-10H,3-6H2,1-2H3. The van der Waals surface area contributed by atoms with E-state index in [0.717, 1.165) is 12.0 Å². The summed E-state index contributed by atoms with van der Waals surface area (Å²) in [7, 11) is 2.25. The Morgan fingerprint density at radius 1 is 1.45 bits per heavy atom. The smallest absolute Gasteiger partial charge is 0.0306 e. The van der Waals surface area contributed by atoms with Crippen LogP contribution in [0.5, 0.6) is 0 Å². The first kappa shape index (κ1) is 7.35. The summed E-state index contributed by atoms with van der Waals surface area (Å²) in [6, 6.07) is 0.781. The normalized spacial score (nSPS) is 38.5. The van der Waals surface area contributed by atoms with Gasteiger partial charge in [0.2, 0.25) is 0 Å². The van der Waals surface area contributed by atoms with E-state index in [-0.39, 0.29) is 0 Å². The maximum Gasteiger partial charge on any atom is 0.0306 e. The SMILES string of the molecule is CC1=CC2C(CC1)CCN2C. The summed E-state index contributed by atoms with van der Waals surface area (Å²) >= 11 is 0. The number of hydrogen-bond acceptors (Lipinski definition) is 1. The van der Waals surface area contributed by atoms with Crippen molar-refractivity contribution in [1.29, 1.82) is 0 Å². The van der Waals surface area contributed by atoms with E-state index in [1.165, 1.54) is 25.8 Å². The van der Waals surface area contributed by atoms with Gasteiger partial charge in [0.05, 0.1) is 0 Å². The first-order chi connectivity index (χ1) is 5.27. The van der Waals surface area contributed by atoms with Crippen LogP contribution in [0.2, 0.25) is 0 Å². The molecule has 1 aliphatic carbocycles. The number of hydrogen-bond donors (Lipinski definition) is 0. The van der Waals surface area contributed by atoms with Crippen molar-refractivity contribution < 1.29 is 0 Å². The second-order valence-electron chi connectivity index (χ2n) is 4.07. The molecule has 0 aromatic carbocycles. The highest BCUT2D eigenvalue weighted by Gasteiger charge is 2.31. The lowest BCUT2D eigenvalue weighted by atomic mass is 9.87. The molecule has 0 spiro atoms. The van der Waals surface area contributed by atoms with Crippen LogP contribution < -0.4 is 0 Å².